The monoisotopic (exact) mass is 397 g/mol. The van der Waals surface area contributed by atoms with Gasteiger partial charge in [0.2, 0.25) is 5.91 Å². The van der Waals surface area contributed by atoms with E-state index in [9.17, 15) is 14.7 Å². The van der Waals surface area contributed by atoms with Gasteiger partial charge in [0.25, 0.3) is 0 Å². The zero-order chi connectivity index (χ0) is 20.6. The van der Waals surface area contributed by atoms with Crippen LogP contribution in [0.1, 0.15) is 31.2 Å². The van der Waals surface area contributed by atoms with Crippen molar-refractivity contribution in [2.45, 2.75) is 25.7 Å². The lowest BCUT2D eigenvalue weighted by Crippen LogP contribution is -2.30. The third kappa shape index (κ3) is 5.50. The van der Waals surface area contributed by atoms with Gasteiger partial charge in [0.15, 0.2) is 0 Å². The molecule has 154 valence electrons. The zero-order valence-corrected chi connectivity index (χ0v) is 16.6. The number of benzene rings is 2. The number of carboxylic acids is 1. The fraction of sp³-hybridized carbons (Fsp3) is 0.391. The molecule has 29 heavy (non-hydrogen) atoms. The normalized spacial score (nSPS) is 18.4. The Bertz CT molecular complexity index is 806. The summed E-state index contributed by atoms with van der Waals surface area (Å²) in [5, 5.41) is 9.57. The van der Waals surface area contributed by atoms with E-state index in [1.165, 1.54) is 0 Å². The quantitative estimate of drug-likeness (QED) is 0.655. The van der Waals surface area contributed by atoms with Crippen molar-refractivity contribution in [3.63, 3.8) is 0 Å². The molecule has 0 radical (unpaired) electrons. The number of carbonyl (C=O) groups excluding carboxylic acids is 1. The molecular formula is C23H27NO5. The van der Waals surface area contributed by atoms with Crippen LogP contribution < -0.4 is 9.47 Å². The average molecular weight is 397 g/mol. The Morgan fingerprint density at radius 1 is 1.00 bits per heavy atom. The van der Waals surface area contributed by atoms with Gasteiger partial charge >= 0.3 is 5.97 Å². The van der Waals surface area contributed by atoms with Crippen LogP contribution in [-0.2, 0) is 9.59 Å². The number of ether oxygens (including phenoxy) is 2. The number of aliphatic carboxylic acids is 1. The van der Waals surface area contributed by atoms with Crippen LogP contribution in [0.3, 0.4) is 0 Å². The van der Waals surface area contributed by atoms with Gasteiger partial charge in [-0.15, -0.1) is 0 Å². The van der Waals surface area contributed by atoms with Crippen LogP contribution in [0.2, 0.25) is 0 Å². The molecule has 6 nitrogen and oxygen atoms in total. The van der Waals surface area contributed by atoms with Crippen LogP contribution in [0.5, 0.6) is 11.5 Å². The van der Waals surface area contributed by atoms with E-state index in [1.807, 2.05) is 61.5 Å². The van der Waals surface area contributed by atoms with Crippen LogP contribution >= 0.6 is 0 Å². The Balaban J connectivity index is 1.47. The second-order valence-corrected chi connectivity index (χ2v) is 7.12. The topological polar surface area (TPSA) is 76.1 Å². The minimum absolute atomic E-state index is 0.0232. The number of hydrogen-bond acceptors (Lipinski definition) is 4. The molecule has 0 saturated carbocycles. The van der Waals surface area contributed by atoms with E-state index in [0.29, 0.717) is 32.6 Å². The van der Waals surface area contributed by atoms with E-state index in [1.54, 1.807) is 4.90 Å². The smallest absolute Gasteiger partial charge is 0.308 e. The predicted molar refractivity (Wildman–Crippen MR) is 109 cm³/mol. The first kappa shape index (κ1) is 20.7. The van der Waals surface area contributed by atoms with Gasteiger partial charge in [-0.25, -0.2) is 0 Å². The molecule has 2 unspecified atom stereocenters. The molecule has 0 aliphatic carbocycles. The molecule has 1 amide bonds. The molecule has 1 fully saturated rings. The van der Waals surface area contributed by atoms with Crippen LogP contribution in [0.4, 0.5) is 0 Å². The fourth-order valence-corrected chi connectivity index (χ4v) is 3.67. The minimum atomic E-state index is -0.854. The van der Waals surface area contributed by atoms with Gasteiger partial charge in [-0.1, -0.05) is 30.3 Å². The van der Waals surface area contributed by atoms with Crippen molar-refractivity contribution in [1.29, 1.82) is 0 Å². The van der Waals surface area contributed by atoms with Crippen molar-refractivity contribution >= 4 is 11.9 Å². The maximum Gasteiger partial charge on any atom is 0.308 e. The van der Waals surface area contributed by atoms with E-state index in [0.717, 1.165) is 17.1 Å². The Kier molecular flexibility index (Phi) is 7.11. The molecule has 6 heteroatoms. The van der Waals surface area contributed by atoms with Crippen molar-refractivity contribution in [3.8, 4) is 11.5 Å². The molecule has 3 rings (SSSR count). The maximum atomic E-state index is 12.6. The zero-order valence-electron chi connectivity index (χ0n) is 16.6. The molecular weight excluding hydrogens is 370 g/mol. The molecule has 1 aliphatic heterocycles. The summed E-state index contributed by atoms with van der Waals surface area (Å²) >= 11 is 0. The first-order valence-electron chi connectivity index (χ1n) is 9.99. The van der Waals surface area contributed by atoms with Crippen molar-refractivity contribution in [2.24, 2.45) is 5.92 Å². The van der Waals surface area contributed by atoms with E-state index in [4.69, 9.17) is 9.47 Å². The molecule has 1 heterocycles. The first-order chi connectivity index (χ1) is 14.1. The third-order valence-electron chi connectivity index (χ3n) is 5.16. The van der Waals surface area contributed by atoms with E-state index >= 15 is 0 Å². The molecule has 1 N–H and O–H groups in total. The Morgan fingerprint density at radius 2 is 1.66 bits per heavy atom. The van der Waals surface area contributed by atoms with E-state index in [2.05, 4.69) is 0 Å². The highest BCUT2D eigenvalue weighted by Crippen LogP contribution is 2.33. The second kappa shape index (κ2) is 9.96. The average Bonchev–Trinajstić information content (AvgIpc) is 3.19. The van der Waals surface area contributed by atoms with Crippen molar-refractivity contribution in [2.75, 3.05) is 26.3 Å². The number of rotatable bonds is 9. The van der Waals surface area contributed by atoms with Crippen LogP contribution in [0.25, 0.3) is 0 Å². The number of carboxylic acid groups (broad SMARTS) is 1. The second-order valence-electron chi connectivity index (χ2n) is 7.12. The van der Waals surface area contributed by atoms with Gasteiger partial charge < -0.3 is 19.5 Å². The Labute approximate surface area is 171 Å². The SMILES string of the molecule is CCOc1ccc(OCCCC(=O)N2CC(C(=O)O)C(c3ccccc3)C2)cc1. The number of nitrogens with zero attached hydrogens (tertiary/aromatic N) is 1. The molecule has 1 aliphatic rings. The van der Waals surface area contributed by atoms with Gasteiger partial charge in [-0.05, 0) is 43.2 Å². The molecule has 2 atom stereocenters. The number of carbonyl (C=O) groups is 2. The van der Waals surface area contributed by atoms with Crippen LogP contribution in [-0.4, -0.2) is 48.2 Å². The summed E-state index contributed by atoms with van der Waals surface area (Å²) in [5.41, 5.74) is 0.967. The third-order valence-corrected chi connectivity index (χ3v) is 5.16. The summed E-state index contributed by atoms with van der Waals surface area (Å²) in [6.07, 6.45) is 0.918. The number of amides is 1. The molecule has 1 saturated heterocycles. The van der Waals surface area contributed by atoms with Gasteiger partial charge in [0.1, 0.15) is 11.5 Å². The van der Waals surface area contributed by atoms with Crippen LogP contribution in [0.15, 0.2) is 54.6 Å². The van der Waals surface area contributed by atoms with Crippen molar-refractivity contribution < 1.29 is 24.2 Å². The summed E-state index contributed by atoms with van der Waals surface area (Å²) in [5.74, 6) is -0.0839. The number of hydrogen-bond donors (Lipinski definition) is 1. The van der Waals surface area contributed by atoms with E-state index in [-0.39, 0.29) is 18.4 Å². The molecule has 0 bridgehead atoms. The van der Waals surface area contributed by atoms with Crippen LogP contribution in [0, 0.1) is 5.92 Å². The van der Waals surface area contributed by atoms with Gasteiger partial charge in [-0.2, -0.15) is 0 Å². The highest BCUT2D eigenvalue weighted by Gasteiger charge is 2.40. The Hall–Kier alpha value is -3.02. The summed E-state index contributed by atoms with van der Waals surface area (Å²) < 4.78 is 11.1. The largest absolute Gasteiger partial charge is 0.494 e. The van der Waals surface area contributed by atoms with Crippen molar-refractivity contribution in [3.05, 3.63) is 60.2 Å². The van der Waals surface area contributed by atoms with E-state index < -0.39 is 11.9 Å². The first-order valence-corrected chi connectivity index (χ1v) is 9.99. The predicted octanol–water partition coefficient (Wildman–Crippen LogP) is 3.57. The summed E-state index contributed by atoms with van der Waals surface area (Å²) in [7, 11) is 0. The molecule has 2 aromatic carbocycles. The number of likely N-dealkylation sites (tertiary alicyclic amines) is 1. The van der Waals surface area contributed by atoms with Crippen molar-refractivity contribution in [1.82, 2.24) is 4.90 Å². The van der Waals surface area contributed by atoms with Gasteiger partial charge in [0, 0.05) is 25.4 Å². The minimum Gasteiger partial charge on any atom is -0.494 e. The standard InChI is InChI=1S/C23H27NO5/c1-2-28-18-10-12-19(13-11-18)29-14-6-9-22(25)24-15-20(21(16-24)23(26)27)17-7-4-3-5-8-17/h3-5,7-8,10-13,20-21H,2,6,9,14-16H2,1H3,(H,26,27). The van der Waals surface area contributed by atoms with Gasteiger partial charge in [-0.3, -0.25) is 9.59 Å². The lowest BCUT2D eigenvalue weighted by atomic mass is 9.89. The summed E-state index contributed by atoms with van der Waals surface area (Å²) in [6.45, 7) is 3.68. The summed E-state index contributed by atoms with van der Waals surface area (Å²) in [6, 6.07) is 17.0. The fourth-order valence-electron chi connectivity index (χ4n) is 3.67. The molecule has 0 spiro atoms. The lowest BCUT2D eigenvalue weighted by molar-refractivity contribution is -0.141. The molecule has 2 aromatic rings. The lowest BCUT2D eigenvalue weighted by Gasteiger charge is -2.16. The highest BCUT2D eigenvalue weighted by atomic mass is 16.5. The maximum absolute atomic E-state index is 12.6. The molecule has 0 aromatic heterocycles. The summed E-state index contributed by atoms with van der Waals surface area (Å²) in [4.78, 5) is 25.9. The Morgan fingerprint density at radius 3 is 2.28 bits per heavy atom. The highest BCUT2D eigenvalue weighted by molar-refractivity contribution is 5.79. The van der Waals surface area contributed by atoms with Gasteiger partial charge in [0.05, 0.1) is 19.1 Å².